The van der Waals surface area contributed by atoms with Crippen LogP contribution in [0.1, 0.15) is 30.5 Å². The average Bonchev–Trinajstić information content (AvgIpc) is 2.48. The molecule has 2 aromatic rings. The first-order chi connectivity index (χ1) is 9.84. The predicted molar refractivity (Wildman–Crippen MR) is 88.4 cm³/mol. The molecular formula is C18H22N2O. The van der Waals surface area contributed by atoms with E-state index >= 15 is 0 Å². The molecule has 3 heteroatoms. The van der Waals surface area contributed by atoms with Crippen LogP contribution in [0.4, 0.5) is 11.4 Å². The molecule has 0 bridgehead atoms. The fourth-order valence-corrected chi connectivity index (χ4v) is 2.31. The summed E-state index contributed by atoms with van der Waals surface area (Å²) in [6.07, 6.45) is 0. The van der Waals surface area contributed by atoms with Crippen LogP contribution in [0.2, 0.25) is 0 Å². The van der Waals surface area contributed by atoms with Gasteiger partial charge in [-0.05, 0) is 50.5 Å². The molecule has 2 rings (SSSR count). The Kier molecular flexibility index (Phi) is 4.03. The van der Waals surface area contributed by atoms with E-state index in [0.717, 1.165) is 22.4 Å². The van der Waals surface area contributed by atoms with E-state index in [2.05, 4.69) is 5.32 Å². The molecule has 0 spiro atoms. The lowest BCUT2D eigenvalue weighted by molar-refractivity contribution is -0.120. The van der Waals surface area contributed by atoms with Gasteiger partial charge in [-0.1, -0.05) is 36.4 Å². The van der Waals surface area contributed by atoms with Gasteiger partial charge in [-0.25, -0.2) is 0 Å². The maximum Gasteiger partial charge on any atom is 0.234 e. The van der Waals surface area contributed by atoms with Gasteiger partial charge in [-0.2, -0.15) is 0 Å². The number of nitrogens with two attached hydrogens (primary N) is 1. The maximum atomic E-state index is 12.7. The summed E-state index contributed by atoms with van der Waals surface area (Å²) in [6, 6.07) is 13.6. The zero-order valence-electron chi connectivity index (χ0n) is 13.0. The summed E-state index contributed by atoms with van der Waals surface area (Å²) in [5, 5.41) is 3.04. The Balaban J connectivity index is 2.33. The Bertz CT molecular complexity index is 660. The molecule has 0 aliphatic heterocycles. The highest BCUT2D eigenvalue weighted by molar-refractivity contribution is 6.00. The van der Waals surface area contributed by atoms with E-state index in [1.54, 1.807) is 0 Å². The standard InChI is InChI=1S/C18H22N2O/c1-12-10-11-15(19)13(2)16(12)20-17(21)18(3,4)14-8-6-5-7-9-14/h5-11H,19H2,1-4H3,(H,20,21). The number of anilines is 2. The molecule has 3 N–H and O–H groups in total. The van der Waals surface area contributed by atoms with E-state index < -0.39 is 5.41 Å². The average molecular weight is 282 g/mol. The van der Waals surface area contributed by atoms with Crippen molar-refractivity contribution in [2.24, 2.45) is 0 Å². The highest BCUT2D eigenvalue weighted by atomic mass is 16.2. The number of hydrogen-bond donors (Lipinski definition) is 2. The van der Waals surface area contributed by atoms with Gasteiger partial charge in [0.2, 0.25) is 5.91 Å². The van der Waals surface area contributed by atoms with Crippen LogP contribution in [0, 0.1) is 13.8 Å². The van der Waals surface area contributed by atoms with Gasteiger partial charge >= 0.3 is 0 Å². The third-order valence-corrected chi connectivity index (χ3v) is 4.02. The van der Waals surface area contributed by atoms with Gasteiger partial charge in [-0.15, -0.1) is 0 Å². The van der Waals surface area contributed by atoms with Crippen LogP contribution in [-0.4, -0.2) is 5.91 Å². The SMILES string of the molecule is Cc1ccc(N)c(C)c1NC(=O)C(C)(C)c1ccccc1. The Morgan fingerprint density at radius 2 is 1.67 bits per heavy atom. The minimum Gasteiger partial charge on any atom is -0.398 e. The molecule has 0 aliphatic carbocycles. The summed E-state index contributed by atoms with van der Waals surface area (Å²) in [5.74, 6) is -0.0366. The summed E-state index contributed by atoms with van der Waals surface area (Å²) in [6.45, 7) is 7.74. The molecular weight excluding hydrogens is 260 g/mol. The van der Waals surface area contributed by atoms with Crippen molar-refractivity contribution in [3.63, 3.8) is 0 Å². The number of hydrogen-bond acceptors (Lipinski definition) is 2. The molecule has 1 amide bonds. The van der Waals surface area contributed by atoms with Gasteiger partial charge in [0.25, 0.3) is 0 Å². The predicted octanol–water partition coefficient (Wildman–Crippen LogP) is 3.80. The topological polar surface area (TPSA) is 55.1 Å². The number of amides is 1. The fourth-order valence-electron chi connectivity index (χ4n) is 2.31. The quantitative estimate of drug-likeness (QED) is 0.841. The second kappa shape index (κ2) is 5.60. The number of carbonyl (C=O) groups excluding carboxylic acids is 1. The van der Waals surface area contributed by atoms with Crippen molar-refractivity contribution in [3.05, 3.63) is 59.2 Å². The lowest BCUT2D eigenvalue weighted by atomic mass is 9.83. The molecule has 21 heavy (non-hydrogen) atoms. The molecule has 0 atom stereocenters. The molecule has 0 aliphatic rings. The van der Waals surface area contributed by atoms with E-state index in [1.807, 2.05) is 70.2 Å². The van der Waals surface area contributed by atoms with Crippen LogP contribution >= 0.6 is 0 Å². The van der Waals surface area contributed by atoms with Crippen LogP contribution in [0.15, 0.2) is 42.5 Å². The number of benzene rings is 2. The minimum atomic E-state index is -0.606. The molecule has 2 aromatic carbocycles. The number of nitrogens with one attached hydrogen (secondary N) is 1. The third kappa shape index (κ3) is 2.92. The first-order valence-electron chi connectivity index (χ1n) is 7.06. The second-order valence-corrected chi connectivity index (χ2v) is 5.92. The van der Waals surface area contributed by atoms with Crippen molar-refractivity contribution in [2.75, 3.05) is 11.1 Å². The van der Waals surface area contributed by atoms with Crippen molar-refractivity contribution in [1.29, 1.82) is 0 Å². The molecule has 110 valence electrons. The third-order valence-electron chi connectivity index (χ3n) is 4.02. The number of rotatable bonds is 3. The van der Waals surface area contributed by atoms with Gasteiger partial charge < -0.3 is 11.1 Å². The fraction of sp³-hybridized carbons (Fsp3) is 0.278. The first-order valence-corrected chi connectivity index (χ1v) is 7.06. The Labute approximate surface area is 126 Å². The first kappa shape index (κ1) is 15.1. The van der Waals surface area contributed by atoms with Gasteiger partial charge in [0.15, 0.2) is 0 Å². The smallest absolute Gasteiger partial charge is 0.234 e. The van der Waals surface area contributed by atoms with Gasteiger partial charge in [0.05, 0.1) is 5.41 Å². The molecule has 0 unspecified atom stereocenters. The Morgan fingerprint density at radius 3 is 2.29 bits per heavy atom. The summed E-state index contributed by atoms with van der Waals surface area (Å²) in [4.78, 5) is 12.7. The van der Waals surface area contributed by atoms with E-state index in [9.17, 15) is 4.79 Å². The summed E-state index contributed by atoms with van der Waals surface area (Å²) in [5.41, 5.74) is 9.74. The minimum absolute atomic E-state index is 0.0366. The van der Waals surface area contributed by atoms with Crippen molar-refractivity contribution < 1.29 is 4.79 Å². The van der Waals surface area contributed by atoms with Crippen LogP contribution in [0.5, 0.6) is 0 Å². The molecule has 0 saturated carbocycles. The van der Waals surface area contributed by atoms with Crippen molar-refractivity contribution >= 4 is 17.3 Å². The molecule has 0 fully saturated rings. The van der Waals surface area contributed by atoms with E-state index in [0.29, 0.717) is 5.69 Å². The van der Waals surface area contributed by atoms with E-state index in [-0.39, 0.29) is 5.91 Å². The number of carbonyl (C=O) groups is 1. The van der Waals surface area contributed by atoms with E-state index in [1.165, 1.54) is 0 Å². The normalized spacial score (nSPS) is 11.2. The maximum absolute atomic E-state index is 12.7. The zero-order chi connectivity index (χ0) is 15.6. The molecule has 0 saturated heterocycles. The molecule has 3 nitrogen and oxygen atoms in total. The van der Waals surface area contributed by atoms with Gasteiger partial charge in [0, 0.05) is 11.4 Å². The van der Waals surface area contributed by atoms with E-state index in [4.69, 9.17) is 5.73 Å². The number of nitrogen functional groups attached to an aromatic ring is 1. The molecule has 0 aromatic heterocycles. The summed E-state index contributed by atoms with van der Waals surface area (Å²) >= 11 is 0. The van der Waals surface area contributed by atoms with Crippen molar-refractivity contribution in [1.82, 2.24) is 0 Å². The largest absolute Gasteiger partial charge is 0.398 e. The van der Waals surface area contributed by atoms with Crippen LogP contribution in [0.25, 0.3) is 0 Å². The zero-order valence-corrected chi connectivity index (χ0v) is 13.0. The summed E-state index contributed by atoms with van der Waals surface area (Å²) in [7, 11) is 0. The molecule has 0 heterocycles. The van der Waals surface area contributed by atoms with Crippen LogP contribution < -0.4 is 11.1 Å². The molecule has 0 radical (unpaired) electrons. The Morgan fingerprint density at radius 1 is 1.05 bits per heavy atom. The highest BCUT2D eigenvalue weighted by Crippen LogP contribution is 2.29. The van der Waals surface area contributed by atoms with Gasteiger partial charge in [-0.3, -0.25) is 4.79 Å². The lowest BCUT2D eigenvalue weighted by Crippen LogP contribution is -2.35. The summed E-state index contributed by atoms with van der Waals surface area (Å²) < 4.78 is 0. The number of aryl methyl sites for hydroxylation is 1. The van der Waals surface area contributed by atoms with Crippen LogP contribution in [-0.2, 0) is 10.2 Å². The Hall–Kier alpha value is -2.29. The van der Waals surface area contributed by atoms with Crippen molar-refractivity contribution in [3.8, 4) is 0 Å². The second-order valence-electron chi connectivity index (χ2n) is 5.92. The van der Waals surface area contributed by atoms with Crippen molar-refractivity contribution in [2.45, 2.75) is 33.1 Å². The van der Waals surface area contributed by atoms with Gasteiger partial charge in [0.1, 0.15) is 0 Å². The highest BCUT2D eigenvalue weighted by Gasteiger charge is 2.30. The lowest BCUT2D eigenvalue weighted by Gasteiger charge is -2.25. The monoisotopic (exact) mass is 282 g/mol. The van der Waals surface area contributed by atoms with Crippen LogP contribution in [0.3, 0.4) is 0 Å².